The molecule has 1 atom stereocenters. The predicted octanol–water partition coefficient (Wildman–Crippen LogP) is 2.02. The van der Waals surface area contributed by atoms with Crippen molar-refractivity contribution in [3.8, 4) is 0 Å². The average Bonchev–Trinajstić information content (AvgIpc) is 2.84. The Hall–Kier alpha value is -1.50. The summed E-state index contributed by atoms with van der Waals surface area (Å²) < 4.78 is 5.80. The topological polar surface area (TPSA) is 58.2 Å². The minimum Gasteiger partial charge on any atom is -0.369 e. The highest BCUT2D eigenvalue weighted by atomic mass is 32.1. The molecule has 1 N–H and O–H groups in total. The Balaban J connectivity index is 1.73. The number of rotatable bonds is 3. The number of aryl methyl sites for hydroxylation is 2. The fourth-order valence-corrected chi connectivity index (χ4v) is 3.51. The zero-order chi connectivity index (χ0) is 14.8. The number of thiophene rings is 1. The molecule has 21 heavy (non-hydrogen) atoms. The van der Waals surface area contributed by atoms with Gasteiger partial charge in [-0.25, -0.2) is 4.98 Å². The van der Waals surface area contributed by atoms with Crippen LogP contribution in [0.3, 0.4) is 0 Å². The first-order valence-corrected chi connectivity index (χ1v) is 7.94. The first kappa shape index (κ1) is 14.4. The number of H-pyrrole nitrogens is 1. The second-order valence-electron chi connectivity index (χ2n) is 5.38. The highest BCUT2D eigenvalue weighted by molar-refractivity contribution is 7.10. The Kier molecular flexibility index (Phi) is 4.19. The lowest BCUT2D eigenvalue weighted by Gasteiger charge is -2.32. The molecule has 0 aliphatic carbocycles. The van der Waals surface area contributed by atoms with E-state index < -0.39 is 0 Å². The van der Waals surface area contributed by atoms with E-state index in [1.165, 1.54) is 16.5 Å². The molecule has 3 heterocycles. The van der Waals surface area contributed by atoms with Gasteiger partial charge >= 0.3 is 0 Å². The van der Waals surface area contributed by atoms with Crippen LogP contribution in [0.15, 0.2) is 22.3 Å². The molecule has 5 nitrogen and oxygen atoms in total. The largest absolute Gasteiger partial charge is 0.369 e. The smallest absolute Gasteiger partial charge is 0.251 e. The van der Waals surface area contributed by atoms with Gasteiger partial charge in [-0.2, -0.15) is 0 Å². The monoisotopic (exact) mass is 305 g/mol. The lowest BCUT2D eigenvalue weighted by molar-refractivity contribution is -0.0349. The third kappa shape index (κ3) is 3.40. The van der Waals surface area contributed by atoms with Crippen molar-refractivity contribution in [2.24, 2.45) is 0 Å². The summed E-state index contributed by atoms with van der Waals surface area (Å²) in [7, 11) is 0. The Morgan fingerprint density at radius 3 is 3.10 bits per heavy atom. The second kappa shape index (κ2) is 6.09. The van der Waals surface area contributed by atoms with Gasteiger partial charge in [0, 0.05) is 30.6 Å². The number of hydrogen-bond donors (Lipinski definition) is 1. The zero-order valence-electron chi connectivity index (χ0n) is 12.3. The number of ether oxygens (including phenoxy) is 1. The maximum Gasteiger partial charge on any atom is 0.251 e. The number of hydrogen-bond acceptors (Lipinski definition) is 5. The van der Waals surface area contributed by atoms with Crippen molar-refractivity contribution in [1.29, 1.82) is 0 Å². The van der Waals surface area contributed by atoms with Gasteiger partial charge in [-0.05, 0) is 30.9 Å². The Bertz CT molecular complexity index is 680. The number of nitrogens with one attached hydrogen (secondary N) is 1. The molecular weight excluding hydrogens is 286 g/mol. The van der Waals surface area contributed by atoms with E-state index in [4.69, 9.17) is 4.74 Å². The van der Waals surface area contributed by atoms with Crippen LogP contribution in [0.25, 0.3) is 0 Å². The molecule has 3 rings (SSSR count). The van der Waals surface area contributed by atoms with Crippen molar-refractivity contribution in [2.75, 3.05) is 19.7 Å². The second-order valence-corrected chi connectivity index (χ2v) is 6.38. The molecule has 0 bridgehead atoms. The van der Waals surface area contributed by atoms with Gasteiger partial charge in [0.15, 0.2) is 0 Å². The summed E-state index contributed by atoms with van der Waals surface area (Å²) in [5.74, 6) is 0.632. The number of aromatic amines is 1. The average molecular weight is 305 g/mol. The van der Waals surface area contributed by atoms with E-state index in [0.717, 1.165) is 25.3 Å². The number of morpholine rings is 1. The first-order chi connectivity index (χ1) is 10.1. The first-order valence-electron chi connectivity index (χ1n) is 7.06. The quantitative estimate of drug-likeness (QED) is 0.942. The Morgan fingerprint density at radius 1 is 1.52 bits per heavy atom. The van der Waals surface area contributed by atoms with Crippen molar-refractivity contribution in [2.45, 2.75) is 26.5 Å². The molecule has 0 spiro atoms. The highest BCUT2D eigenvalue weighted by Gasteiger charge is 2.24. The molecule has 112 valence electrons. The van der Waals surface area contributed by atoms with Gasteiger partial charge in [-0.15, -0.1) is 11.3 Å². The zero-order valence-corrected chi connectivity index (χ0v) is 13.1. The van der Waals surface area contributed by atoms with E-state index in [2.05, 4.69) is 33.2 Å². The number of nitrogens with zero attached hydrogens (tertiary/aromatic N) is 2. The van der Waals surface area contributed by atoms with Crippen molar-refractivity contribution < 1.29 is 4.74 Å². The van der Waals surface area contributed by atoms with Crippen LogP contribution in [0, 0.1) is 13.8 Å². The normalized spacial score (nSPS) is 19.8. The van der Waals surface area contributed by atoms with Crippen molar-refractivity contribution in [3.63, 3.8) is 0 Å². The van der Waals surface area contributed by atoms with E-state index in [0.29, 0.717) is 12.4 Å². The fourth-order valence-electron chi connectivity index (χ4n) is 2.56. The minimum absolute atomic E-state index is 0.118. The third-order valence-corrected chi connectivity index (χ3v) is 4.70. The molecular formula is C15H19N3O2S. The van der Waals surface area contributed by atoms with Crippen LogP contribution < -0.4 is 5.56 Å². The Morgan fingerprint density at radius 2 is 2.38 bits per heavy atom. The fraction of sp³-hybridized carbons (Fsp3) is 0.467. The predicted molar refractivity (Wildman–Crippen MR) is 82.6 cm³/mol. The molecule has 1 unspecified atom stereocenters. The summed E-state index contributed by atoms with van der Waals surface area (Å²) in [6, 6.07) is 3.69. The molecule has 0 radical (unpaired) electrons. The summed E-state index contributed by atoms with van der Waals surface area (Å²) in [5.41, 5.74) is 1.95. The van der Waals surface area contributed by atoms with Gasteiger partial charge in [0.2, 0.25) is 0 Å². The van der Waals surface area contributed by atoms with Gasteiger partial charge in [0.1, 0.15) is 11.9 Å². The highest BCUT2D eigenvalue weighted by Crippen LogP contribution is 2.23. The molecule has 2 aromatic heterocycles. The summed E-state index contributed by atoms with van der Waals surface area (Å²) in [6.07, 6.45) is -0.125. The van der Waals surface area contributed by atoms with Crippen molar-refractivity contribution in [3.05, 3.63) is 49.8 Å². The van der Waals surface area contributed by atoms with E-state index in [9.17, 15) is 4.79 Å². The molecule has 1 aliphatic rings. The maximum absolute atomic E-state index is 11.6. The minimum atomic E-state index is -0.125. The van der Waals surface area contributed by atoms with Crippen LogP contribution in [-0.2, 0) is 11.3 Å². The van der Waals surface area contributed by atoms with Crippen molar-refractivity contribution in [1.82, 2.24) is 14.9 Å². The summed E-state index contributed by atoms with van der Waals surface area (Å²) in [6.45, 7) is 7.23. The van der Waals surface area contributed by atoms with Gasteiger partial charge in [-0.3, -0.25) is 9.69 Å². The summed E-state index contributed by atoms with van der Waals surface area (Å²) in [4.78, 5) is 22.4. The van der Waals surface area contributed by atoms with Crippen LogP contribution >= 0.6 is 11.3 Å². The molecule has 6 heteroatoms. The SMILES string of the molecule is Cc1nc(C2CN(Cc3sccc3C)CCO2)cc(=O)[nH]1. The van der Waals surface area contributed by atoms with Gasteiger partial charge < -0.3 is 9.72 Å². The van der Waals surface area contributed by atoms with Crippen LogP contribution in [-0.4, -0.2) is 34.6 Å². The molecule has 2 aromatic rings. The maximum atomic E-state index is 11.6. The van der Waals surface area contributed by atoms with Crippen LogP contribution in [0.4, 0.5) is 0 Å². The summed E-state index contributed by atoms with van der Waals surface area (Å²) in [5, 5.41) is 2.13. The van der Waals surface area contributed by atoms with Gasteiger partial charge in [0.25, 0.3) is 5.56 Å². The molecule has 0 saturated carbocycles. The van der Waals surface area contributed by atoms with E-state index in [1.807, 2.05) is 0 Å². The summed E-state index contributed by atoms with van der Waals surface area (Å²) >= 11 is 1.79. The van der Waals surface area contributed by atoms with E-state index in [1.54, 1.807) is 18.3 Å². The molecule has 1 aliphatic heterocycles. The van der Waals surface area contributed by atoms with Crippen LogP contribution in [0.1, 0.15) is 28.1 Å². The van der Waals surface area contributed by atoms with Crippen LogP contribution in [0.5, 0.6) is 0 Å². The van der Waals surface area contributed by atoms with Gasteiger partial charge in [-0.1, -0.05) is 0 Å². The molecule has 0 aromatic carbocycles. The van der Waals surface area contributed by atoms with Crippen LogP contribution in [0.2, 0.25) is 0 Å². The molecule has 0 amide bonds. The lowest BCUT2D eigenvalue weighted by Crippen LogP contribution is -2.38. The lowest BCUT2D eigenvalue weighted by atomic mass is 10.2. The molecule has 1 saturated heterocycles. The van der Waals surface area contributed by atoms with Crippen molar-refractivity contribution >= 4 is 11.3 Å². The third-order valence-electron chi connectivity index (χ3n) is 3.70. The van der Waals surface area contributed by atoms with E-state index in [-0.39, 0.29) is 11.7 Å². The number of aromatic nitrogens is 2. The standard InChI is InChI=1S/C15H19N3O2S/c1-10-3-6-21-14(10)9-18-4-5-20-13(8-18)12-7-15(19)17-11(2)16-12/h3,6-7,13H,4-5,8-9H2,1-2H3,(H,16,17,19). The Labute approximate surface area is 127 Å². The molecule has 1 fully saturated rings. The van der Waals surface area contributed by atoms with Gasteiger partial charge in [0.05, 0.1) is 12.3 Å². The van der Waals surface area contributed by atoms with E-state index >= 15 is 0 Å².